The van der Waals surface area contributed by atoms with Gasteiger partial charge in [0, 0.05) is 37.7 Å². The maximum absolute atomic E-state index is 13.8. The van der Waals surface area contributed by atoms with Crippen LogP contribution in [0.15, 0.2) is 48.5 Å². The number of amides is 2. The van der Waals surface area contributed by atoms with Gasteiger partial charge in [0.15, 0.2) is 0 Å². The lowest BCUT2D eigenvalue weighted by atomic mass is 10.0. The van der Waals surface area contributed by atoms with Gasteiger partial charge in [-0.15, -0.1) is 0 Å². The van der Waals surface area contributed by atoms with E-state index in [9.17, 15) is 14.0 Å². The molecular weight excluding hydrogens is 331 g/mol. The molecule has 0 saturated heterocycles. The van der Waals surface area contributed by atoms with Crippen molar-refractivity contribution in [3.8, 4) is 0 Å². The second-order valence-electron chi connectivity index (χ2n) is 6.61. The molecule has 0 fully saturated rings. The zero-order valence-electron chi connectivity index (χ0n) is 15.5. The molecule has 5 heteroatoms. The third kappa shape index (κ3) is 5.69. The van der Waals surface area contributed by atoms with E-state index in [4.69, 9.17) is 0 Å². The second kappa shape index (κ2) is 9.13. The fourth-order valence-electron chi connectivity index (χ4n) is 2.59. The number of nitrogens with zero attached hydrogens (tertiary/aromatic N) is 1. The Morgan fingerprint density at radius 3 is 2.31 bits per heavy atom. The van der Waals surface area contributed by atoms with Crippen LogP contribution in [-0.2, 0) is 16.1 Å². The maximum Gasteiger partial charge on any atom is 0.226 e. The molecule has 26 heavy (non-hydrogen) atoms. The van der Waals surface area contributed by atoms with Gasteiger partial charge in [-0.3, -0.25) is 9.59 Å². The van der Waals surface area contributed by atoms with Gasteiger partial charge in [-0.1, -0.05) is 44.2 Å². The van der Waals surface area contributed by atoms with Gasteiger partial charge in [0.2, 0.25) is 11.8 Å². The summed E-state index contributed by atoms with van der Waals surface area (Å²) in [4.78, 5) is 25.4. The smallest absolute Gasteiger partial charge is 0.226 e. The number of hydrogen-bond donors (Lipinski definition) is 1. The van der Waals surface area contributed by atoms with E-state index in [1.54, 1.807) is 18.2 Å². The number of hydrogen-bond acceptors (Lipinski definition) is 2. The number of carbonyl (C=O) groups excluding carboxylic acids is 2. The van der Waals surface area contributed by atoms with E-state index in [0.717, 1.165) is 5.69 Å². The topological polar surface area (TPSA) is 49.4 Å². The number of rotatable bonds is 7. The Balaban J connectivity index is 1.91. The first-order chi connectivity index (χ1) is 12.4. The third-order valence-electron chi connectivity index (χ3n) is 4.23. The van der Waals surface area contributed by atoms with Gasteiger partial charge in [0.25, 0.3) is 0 Å². The largest absolute Gasteiger partial charge is 0.338 e. The monoisotopic (exact) mass is 356 g/mol. The minimum absolute atomic E-state index is 0.151. The molecule has 0 aromatic heterocycles. The van der Waals surface area contributed by atoms with Gasteiger partial charge in [-0.2, -0.15) is 0 Å². The summed E-state index contributed by atoms with van der Waals surface area (Å²) in [6.45, 7) is 6.03. The quantitative estimate of drug-likeness (QED) is 0.803. The minimum atomic E-state index is -0.353. The number of carbonyl (C=O) groups is 2. The summed E-state index contributed by atoms with van der Waals surface area (Å²) in [5.41, 5.74) is 2.37. The normalized spacial score (nSPS) is 10.7. The van der Waals surface area contributed by atoms with E-state index in [-0.39, 0.29) is 37.1 Å². The highest BCUT2D eigenvalue weighted by molar-refractivity contribution is 5.91. The van der Waals surface area contributed by atoms with Crippen molar-refractivity contribution >= 4 is 17.5 Å². The van der Waals surface area contributed by atoms with Gasteiger partial charge in [-0.25, -0.2) is 4.39 Å². The van der Waals surface area contributed by atoms with Crippen LogP contribution in [0.1, 0.15) is 44.2 Å². The van der Waals surface area contributed by atoms with Crippen molar-refractivity contribution in [1.29, 1.82) is 0 Å². The molecule has 2 aromatic carbocycles. The van der Waals surface area contributed by atoms with E-state index in [2.05, 4.69) is 19.2 Å². The molecule has 0 spiro atoms. The molecule has 2 rings (SSSR count). The van der Waals surface area contributed by atoms with Crippen LogP contribution in [0.2, 0.25) is 0 Å². The molecule has 0 aliphatic rings. The first-order valence-electron chi connectivity index (χ1n) is 8.75. The Morgan fingerprint density at radius 1 is 1.08 bits per heavy atom. The molecule has 0 atom stereocenters. The Bertz CT molecular complexity index is 757. The Kier molecular flexibility index (Phi) is 6.89. The molecule has 138 valence electrons. The summed E-state index contributed by atoms with van der Waals surface area (Å²) < 4.78 is 13.8. The number of halogens is 1. The van der Waals surface area contributed by atoms with Gasteiger partial charge >= 0.3 is 0 Å². The SMILES string of the molecule is CC(=O)N(CCC(=O)Nc1ccc(C(C)C)cc1)Cc1ccccc1F. The standard InChI is InChI=1S/C21H25FN2O2/c1-15(2)17-8-10-19(11-9-17)23-21(26)12-13-24(16(3)25)14-18-6-4-5-7-20(18)22/h4-11,15H,12-14H2,1-3H3,(H,23,26). The van der Waals surface area contributed by atoms with Crippen LogP contribution >= 0.6 is 0 Å². The van der Waals surface area contributed by atoms with Gasteiger partial charge < -0.3 is 10.2 Å². The molecule has 1 N–H and O–H groups in total. The summed E-state index contributed by atoms with van der Waals surface area (Å²) in [5, 5.41) is 2.83. The molecule has 0 heterocycles. The molecule has 0 unspecified atom stereocenters. The fraction of sp³-hybridized carbons (Fsp3) is 0.333. The Morgan fingerprint density at radius 2 is 1.73 bits per heavy atom. The highest BCUT2D eigenvalue weighted by Crippen LogP contribution is 2.17. The van der Waals surface area contributed by atoms with Crippen LogP contribution in [0, 0.1) is 5.82 Å². The minimum Gasteiger partial charge on any atom is -0.338 e. The van der Waals surface area contributed by atoms with Crippen molar-refractivity contribution in [2.45, 2.75) is 39.7 Å². The van der Waals surface area contributed by atoms with Crippen LogP contribution < -0.4 is 5.32 Å². The summed E-state index contributed by atoms with van der Waals surface area (Å²) in [7, 11) is 0. The predicted octanol–water partition coefficient (Wildman–Crippen LogP) is 4.33. The molecule has 0 aliphatic carbocycles. The van der Waals surface area contributed by atoms with Crippen molar-refractivity contribution in [2.75, 3.05) is 11.9 Å². The van der Waals surface area contributed by atoms with E-state index in [1.165, 1.54) is 23.5 Å². The van der Waals surface area contributed by atoms with Crippen LogP contribution in [-0.4, -0.2) is 23.3 Å². The van der Waals surface area contributed by atoms with Crippen LogP contribution in [0.4, 0.5) is 10.1 Å². The van der Waals surface area contributed by atoms with E-state index >= 15 is 0 Å². The molecule has 0 radical (unpaired) electrons. The lowest BCUT2D eigenvalue weighted by Gasteiger charge is -2.21. The predicted molar refractivity (Wildman–Crippen MR) is 101 cm³/mol. The van der Waals surface area contributed by atoms with Crippen LogP contribution in [0.5, 0.6) is 0 Å². The first kappa shape index (κ1) is 19.6. The van der Waals surface area contributed by atoms with E-state index in [1.807, 2.05) is 24.3 Å². The zero-order chi connectivity index (χ0) is 19.1. The van der Waals surface area contributed by atoms with Crippen molar-refractivity contribution in [3.63, 3.8) is 0 Å². The molecule has 4 nitrogen and oxygen atoms in total. The average Bonchev–Trinajstić information content (AvgIpc) is 2.60. The third-order valence-corrected chi connectivity index (χ3v) is 4.23. The Hall–Kier alpha value is -2.69. The van der Waals surface area contributed by atoms with Crippen molar-refractivity contribution < 1.29 is 14.0 Å². The molecule has 0 aliphatic heterocycles. The molecule has 2 aromatic rings. The average molecular weight is 356 g/mol. The first-order valence-corrected chi connectivity index (χ1v) is 8.75. The lowest BCUT2D eigenvalue weighted by molar-refractivity contribution is -0.130. The van der Waals surface area contributed by atoms with Crippen molar-refractivity contribution in [1.82, 2.24) is 4.90 Å². The molecule has 2 amide bonds. The number of benzene rings is 2. The van der Waals surface area contributed by atoms with Gasteiger partial charge in [-0.05, 0) is 29.7 Å². The van der Waals surface area contributed by atoms with Crippen molar-refractivity contribution in [2.24, 2.45) is 0 Å². The van der Waals surface area contributed by atoms with Gasteiger partial charge in [0.05, 0.1) is 0 Å². The number of nitrogens with one attached hydrogen (secondary N) is 1. The molecule has 0 bridgehead atoms. The summed E-state index contributed by atoms with van der Waals surface area (Å²) in [5.74, 6) is -0.292. The lowest BCUT2D eigenvalue weighted by Crippen LogP contribution is -2.31. The summed E-state index contributed by atoms with van der Waals surface area (Å²) in [6, 6.07) is 14.0. The van der Waals surface area contributed by atoms with E-state index in [0.29, 0.717) is 11.5 Å². The summed E-state index contributed by atoms with van der Waals surface area (Å²) >= 11 is 0. The van der Waals surface area contributed by atoms with Gasteiger partial charge in [0.1, 0.15) is 5.82 Å². The second-order valence-corrected chi connectivity index (χ2v) is 6.61. The fourth-order valence-corrected chi connectivity index (χ4v) is 2.59. The zero-order valence-corrected chi connectivity index (χ0v) is 15.5. The number of anilines is 1. The highest BCUT2D eigenvalue weighted by atomic mass is 19.1. The van der Waals surface area contributed by atoms with E-state index < -0.39 is 0 Å². The molecule has 0 saturated carbocycles. The van der Waals surface area contributed by atoms with Crippen LogP contribution in [0.3, 0.4) is 0 Å². The Labute approximate surface area is 154 Å². The maximum atomic E-state index is 13.8. The summed E-state index contributed by atoms with van der Waals surface area (Å²) in [6.07, 6.45) is 0.153. The molecular formula is C21H25FN2O2. The van der Waals surface area contributed by atoms with Crippen molar-refractivity contribution in [3.05, 3.63) is 65.5 Å². The van der Waals surface area contributed by atoms with Crippen LogP contribution in [0.25, 0.3) is 0 Å². The highest BCUT2D eigenvalue weighted by Gasteiger charge is 2.14.